The van der Waals surface area contributed by atoms with E-state index in [4.69, 9.17) is 19.6 Å². The number of esters is 2. The summed E-state index contributed by atoms with van der Waals surface area (Å²) in [7, 11) is 2.61. The molecule has 0 spiro atoms. The number of ether oxygens (including phenoxy) is 3. The first-order valence-corrected chi connectivity index (χ1v) is 12.0. The Bertz CT molecular complexity index is 1210. The molecule has 3 rings (SSSR count). The molecule has 3 atom stereocenters. The number of carbonyl (C=O) groups is 2. The van der Waals surface area contributed by atoms with Gasteiger partial charge < -0.3 is 19.1 Å². The summed E-state index contributed by atoms with van der Waals surface area (Å²) < 4.78 is 56.8. The standard InChI is InChI=1S/C26H26BrF3N2O5/c1-14(13-35-3)37-25(34)22-21(16-8-10-18(27)11-9-16)20(24(33)36-4)15(2)32(23(22)31)19-7-5-6-17(12-19)26(28,29)30/h5-12,14,21-22,31H,13H2,1-4H3. The molecule has 0 saturated heterocycles. The predicted octanol–water partition coefficient (Wildman–Crippen LogP) is 5.69. The van der Waals surface area contributed by atoms with E-state index in [9.17, 15) is 22.8 Å². The summed E-state index contributed by atoms with van der Waals surface area (Å²) in [5.74, 6) is -4.30. The number of methoxy groups -OCH3 is 2. The molecule has 7 nitrogen and oxygen atoms in total. The van der Waals surface area contributed by atoms with E-state index in [2.05, 4.69) is 15.9 Å². The average molecular weight is 583 g/mol. The summed E-state index contributed by atoms with van der Waals surface area (Å²) in [4.78, 5) is 27.7. The van der Waals surface area contributed by atoms with Crippen molar-refractivity contribution in [3.05, 3.63) is 75.4 Å². The number of benzene rings is 2. The molecule has 0 fully saturated rings. The van der Waals surface area contributed by atoms with Crippen molar-refractivity contribution in [1.82, 2.24) is 0 Å². The minimum atomic E-state index is -4.63. The van der Waals surface area contributed by atoms with Gasteiger partial charge in [-0.2, -0.15) is 13.2 Å². The molecule has 3 unspecified atom stereocenters. The summed E-state index contributed by atoms with van der Waals surface area (Å²) in [6, 6.07) is 11.2. The molecule has 0 radical (unpaired) electrons. The Hall–Kier alpha value is -3.18. The van der Waals surface area contributed by atoms with Gasteiger partial charge >= 0.3 is 18.1 Å². The Labute approximate surface area is 220 Å². The zero-order valence-corrected chi connectivity index (χ0v) is 22.1. The number of amidine groups is 1. The molecule has 0 saturated carbocycles. The van der Waals surface area contributed by atoms with E-state index in [0.717, 1.165) is 21.5 Å². The number of rotatable bonds is 7. The van der Waals surface area contributed by atoms with E-state index >= 15 is 0 Å². The van der Waals surface area contributed by atoms with Crippen LogP contribution in [0.2, 0.25) is 0 Å². The summed E-state index contributed by atoms with van der Waals surface area (Å²) in [6.07, 6.45) is -5.31. The van der Waals surface area contributed by atoms with Gasteiger partial charge in [0, 0.05) is 28.9 Å². The van der Waals surface area contributed by atoms with E-state index in [0.29, 0.717) is 5.56 Å². The van der Waals surface area contributed by atoms with Gasteiger partial charge in [0.1, 0.15) is 17.9 Å². The SMILES string of the molecule is COCC(C)OC(=O)C1C(=N)N(c2cccc(C(F)(F)F)c2)C(C)=C(C(=O)OC)C1c1ccc(Br)cc1. The van der Waals surface area contributed by atoms with Crippen molar-refractivity contribution < 1.29 is 37.0 Å². The monoisotopic (exact) mass is 582 g/mol. The zero-order valence-electron chi connectivity index (χ0n) is 20.6. The molecule has 11 heteroatoms. The molecular formula is C26H26BrF3N2O5. The van der Waals surface area contributed by atoms with Crippen molar-refractivity contribution in [3.8, 4) is 0 Å². The number of alkyl halides is 3. The van der Waals surface area contributed by atoms with Gasteiger partial charge in [-0.3, -0.25) is 10.2 Å². The Morgan fingerprint density at radius 3 is 2.35 bits per heavy atom. The molecule has 0 aliphatic carbocycles. The summed E-state index contributed by atoms with van der Waals surface area (Å²) in [5, 5.41) is 9.00. The second kappa shape index (κ2) is 11.5. The Kier molecular flexibility index (Phi) is 8.80. The molecule has 0 amide bonds. The van der Waals surface area contributed by atoms with Gasteiger partial charge in [-0.1, -0.05) is 34.1 Å². The fourth-order valence-corrected chi connectivity index (χ4v) is 4.61. The molecule has 0 aromatic heterocycles. The first kappa shape index (κ1) is 28.4. The second-order valence-electron chi connectivity index (χ2n) is 8.47. The van der Waals surface area contributed by atoms with Gasteiger partial charge in [0.2, 0.25) is 0 Å². The molecular weight excluding hydrogens is 557 g/mol. The first-order valence-electron chi connectivity index (χ1n) is 11.2. The fraction of sp³-hybridized carbons (Fsp3) is 0.346. The molecule has 2 aromatic carbocycles. The molecule has 1 heterocycles. The van der Waals surface area contributed by atoms with Crippen LogP contribution in [0.3, 0.4) is 0 Å². The van der Waals surface area contributed by atoms with Crippen LogP contribution in [0, 0.1) is 11.3 Å². The van der Waals surface area contributed by atoms with Crippen LogP contribution in [0.5, 0.6) is 0 Å². The topological polar surface area (TPSA) is 88.9 Å². The average Bonchev–Trinajstić information content (AvgIpc) is 2.83. The first-order chi connectivity index (χ1) is 17.4. The highest BCUT2D eigenvalue weighted by Crippen LogP contribution is 2.44. The van der Waals surface area contributed by atoms with Crippen molar-refractivity contribution in [2.75, 3.05) is 25.7 Å². The van der Waals surface area contributed by atoms with E-state index in [-0.39, 0.29) is 29.4 Å². The maximum atomic E-state index is 13.5. The van der Waals surface area contributed by atoms with Gasteiger partial charge in [0.05, 0.1) is 24.9 Å². The van der Waals surface area contributed by atoms with Crippen LogP contribution in [0.1, 0.15) is 30.9 Å². The lowest BCUT2D eigenvalue weighted by molar-refractivity contribution is -0.153. The van der Waals surface area contributed by atoms with Crippen molar-refractivity contribution >= 4 is 39.4 Å². The second-order valence-corrected chi connectivity index (χ2v) is 9.38. The van der Waals surface area contributed by atoms with Crippen LogP contribution in [0.25, 0.3) is 0 Å². The third-order valence-corrected chi connectivity index (χ3v) is 6.47. The highest BCUT2D eigenvalue weighted by Gasteiger charge is 2.48. The van der Waals surface area contributed by atoms with Gasteiger partial charge in [0.15, 0.2) is 0 Å². The molecule has 198 valence electrons. The minimum Gasteiger partial charge on any atom is -0.466 e. The number of nitrogens with one attached hydrogen (secondary N) is 1. The maximum Gasteiger partial charge on any atom is 0.416 e. The molecule has 1 aliphatic rings. The van der Waals surface area contributed by atoms with Crippen molar-refractivity contribution in [1.29, 1.82) is 5.41 Å². The number of nitrogens with zero attached hydrogens (tertiary/aromatic N) is 1. The summed E-state index contributed by atoms with van der Waals surface area (Å²) >= 11 is 3.36. The highest BCUT2D eigenvalue weighted by atomic mass is 79.9. The quantitative estimate of drug-likeness (QED) is 0.422. The largest absolute Gasteiger partial charge is 0.466 e. The highest BCUT2D eigenvalue weighted by molar-refractivity contribution is 9.10. The molecule has 2 aromatic rings. The van der Waals surface area contributed by atoms with Crippen LogP contribution in [-0.2, 0) is 30.0 Å². The lowest BCUT2D eigenvalue weighted by Gasteiger charge is -2.41. The van der Waals surface area contributed by atoms with Gasteiger partial charge in [-0.05, 0) is 49.7 Å². The fourth-order valence-electron chi connectivity index (χ4n) is 4.35. The molecule has 1 aliphatic heterocycles. The Balaban J connectivity index is 2.27. The predicted molar refractivity (Wildman–Crippen MR) is 134 cm³/mol. The summed E-state index contributed by atoms with van der Waals surface area (Å²) in [5.41, 5.74) is -0.251. The minimum absolute atomic E-state index is 0.0274. The smallest absolute Gasteiger partial charge is 0.416 e. The lowest BCUT2D eigenvalue weighted by Crippen LogP contribution is -2.48. The zero-order chi connectivity index (χ0) is 27.5. The number of allylic oxidation sites excluding steroid dienone is 1. The summed E-state index contributed by atoms with van der Waals surface area (Å²) in [6.45, 7) is 3.20. The normalized spacial score (nSPS) is 19.0. The van der Waals surface area contributed by atoms with E-state index in [1.165, 1.54) is 33.3 Å². The van der Waals surface area contributed by atoms with Crippen molar-refractivity contribution in [2.24, 2.45) is 5.92 Å². The number of halogens is 4. The number of hydrogen-bond acceptors (Lipinski definition) is 6. The van der Waals surface area contributed by atoms with E-state index in [1.54, 1.807) is 31.2 Å². The molecule has 1 N–H and O–H groups in total. The van der Waals surface area contributed by atoms with Crippen LogP contribution < -0.4 is 4.90 Å². The molecule has 0 bridgehead atoms. The van der Waals surface area contributed by atoms with Crippen molar-refractivity contribution in [3.63, 3.8) is 0 Å². The van der Waals surface area contributed by atoms with E-state index < -0.39 is 41.6 Å². The maximum absolute atomic E-state index is 13.5. The number of hydrogen-bond donors (Lipinski definition) is 1. The lowest BCUT2D eigenvalue weighted by atomic mass is 9.75. The van der Waals surface area contributed by atoms with Crippen LogP contribution in [0.4, 0.5) is 18.9 Å². The Morgan fingerprint density at radius 2 is 1.78 bits per heavy atom. The van der Waals surface area contributed by atoms with E-state index in [1.807, 2.05) is 0 Å². The number of carbonyl (C=O) groups excluding carboxylic acids is 2. The number of anilines is 1. The van der Waals surface area contributed by atoms with Gasteiger partial charge in [-0.15, -0.1) is 0 Å². The van der Waals surface area contributed by atoms with Crippen LogP contribution >= 0.6 is 15.9 Å². The van der Waals surface area contributed by atoms with Crippen molar-refractivity contribution in [2.45, 2.75) is 32.0 Å². The van der Waals surface area contributed by atoms with Gasteiger partial charge in [-0.25, -0.2) is 4.79 Å². The third-order valence-electron chi connectivity index (χ3n) is 5.94. The Morgan fingerprint density at radius 1 is 1.14 bits per heavy atom. The third kappa shape index (κ3) is 6.04. The molecule has 37 heavy (non-hydrogen) atoms. The van der Waals surface area contributed by atoms with Gasteiger partial charge in [0.25, 0.3) is 0 Å². The van der Waals surface area contributed by atoms with Crippen LogP contribution in [-0.4, -0.2) is 44.7 Å². The van der Waals surface area contributed by atoms with Crippen LogP contribution in [0.15, 0.2) is 64.3 Å².